The van der Waals surface area contributed by atoms with Gasteiger partial charge < -0.3 is 4.43 Å². The fourth-order valence-electron chi connectivity index (χ4n) is 1.93. The zero-order valence-electron chi connectivity index (χ0n) is 14.4. The normalized spacial score (nSPS) is 12.9. The summed E-state index contributed by atoms with van der Waals surface area (Å²) >= 11 is 6.06. The molecule has 0 saturated carbocycles. The summed E-state index contributed by atoms with van der Waals surface area (Å²) in [7, 11) is -1.93. The Kier molecular flexibility index (Phi) is 4.87. The lowest BCUT2D eigenvalue weighted by Gasteiger charge is -2.35. The zero-order valence-corrected chi connectivity index (χ0v) is 16.2. The van der Waals surface area contributed by atoms with Gasteiger partial charge in [0.15, 0.2) is 5.65 Å². The number of unbranched alkanes of at least 4 members (excludes halogenated alkanes) is 1. The molecule has 0 unspecified atom stereocenters. The number of aryl methyl sites for hydroxylation is 1. The first-order valence-corrected chi connectivity index (χ1v) is 11.2. The molecule has 0 N–H and O–H groups in total. The molecule has 0 atom stereocenters. The third-order valence-electron chi connectivity index (χ3n) is 4.41. The van der Waals surface area contributed by atoms with Crippen molar-refractivity contribution in [2.24, 2.45) is 0 Å². The predicted octanol–water partition coefficient (Wildman–Crippen LogP) is 5.27. The van der Waals surface area contributed by atoms with Crippen LogP contribution in [0, 0.1) is 0 Å². The molecule has 22 heavy (non-hydrogen) atoms. The number of nitrogens with zero attached hydrogens (tertiary/aromatic N) is 3. The summed E-state index contributed by atoms with van der Waals surface area (Å²) in [5.74, 6) is 0.696. The van der Waals surface area contributed by atoms with Gasteiger partial charge in [0.25, 0.3) is 8.32 Å². The Morgan fingerprint density at radius 1 is 1.27 bits per heavy atom. The van der Waals surface area contributed by atoms with Gasteiger partial charge in [-0.1, -0.05) is 45.7 Å². The van der Waals surface area contributed by atoms with Crippen molar-refractivity contribution >= 4 is 31.0 Å². The molecule has 6 heteroatoms. The first kappa shape index (κ1) is 17.3. The fraction of sp³-hybridized carbons (Fsp3) is 0.625. The van der Waals surface area contributed by atoms with Gasteiger partial charge in [-0.2, -0.15) is 0 Å². The van der Waals surface area contributed by atoms with Crippen LogP contribution in [0.2, 0.25) is 23.3 Å². The van der Waals surface area contributed by atoms with Crippen molar-refractivity contribution in [1.82, 2.24) is 14.8 Å². The van der Waals surface area contributed by atoms with Crippen LogP contribution < -0.4 is 4.43 Å². The minimum Gasteiger partial charge on any atom is -0.529 e. The fourth-order valence-corrected chi connectivity index (χ4v) is 3.02. The van der Waals surface area contributed by atoms with Crippen LogP contribution in [-0.4, -0.2) is 23.1 Å². The Hall–Kier alpha value is -1.07. The maximum Gasteiger partial charge on any atom is 0.252 e. The Bertz CT molecular complexity index is 661. The molecule has 0 saturated heterocycles. The van der Waals surface area contributed by atoms with E-state index in [2.05, 4.69) is 50.9 Å². The van der Waals surface area contributed by atoms with Crippen LogP contribution in [-0.2, 0) is 6.54 Å². The van der Waals surface area contributed by atoms with Crippen LogP contribution in [0.3, 0.4) is 0 Å². The molecule has 0 aromatic carbocycles. The van der Waals surface area contributed by atoms with Gasteiger partial charge in [-0.25, -0.2) is 9.67 Å². The SMILES string of the molecule is CCCCn1nc(O[Si](C)(C)C(C)(C)C)c2ccc(Cl)nc21. The number of rotatable bonds is 5. The molecule has 122 valence electrons. The lowest BCUT2D eigenvalue weighted by atomic mass is 10.2. The molecular weight excluding hydrogens is 314 g/mol. The summed E-state index contributed by atoms with van der Waals surface area (Å²) < 4.78 is 8.33. The van der Waals surface area contributed by atoms with Gasteiger partial charge in [0.05, 0.1) is 5.39 Å². The molecule has 0 radical (unpaired) electrons. The molecule has 2 aromatic heterocycles. The highest BCUT2D eigenvalue weighted by Crippen LogP contribution is 2.38. The van der Waals surface area contributed by atoms with E-state index in [4.69, 9.17) is 16.0 Å². The number of halogens is 1. The molecule has 2 rings (SSSR count). The Balaban J connectivity index is 2.46. The maximum absolute atomic E-state index is 6.40. The van der Waals surface area contributed by atoms with Crippen molar-refractivity contribution in [3.8, 4) is 5.88 Å². The third kappa shape index (κ3) is 3.46. The van der Waals surface area contributed by atoms with Gasteiger partial charge in [-0.3, -0.25) is 0 Å². The second kappa shape index (κ2) is 6.20. The first-order chi connectivity index (χ1) is 10.2. The minimum atomic E-state index is -1.93. The van der Waals surface area contributed by atoms with E-state index in [1.165, 1.54) is 0 Å². The summed E-state index contributed by atoms with van der Waals surface area (Å²) in [6.45, 7) is 14.1. The van der Waals surface area contributed by atoms with Gasteiger partial charge >= 0.3 is 0 Å². The summed E-state index contributed by atoms with van der Waals surface area (Å²) in [6, 6.07) is 3.76. The minimum absolute atomic E-state index is 0.131. The molecule has 2 aromatic rings. The molecule has 0 aliphatic heterocycles. The van der Waals surface area contributed by atoms with Crippen LogP contribution in [0.15, 0.2) is 12.1 Å². The molecule has 0 aliphatic carbocycles. The van der Waals surface area contributed by atoms with Gasteiger partial charge in [-0.05, 0) is 36.7 Å². The van der Waals surface area contributed by atoms with E-state index in [-0.39, 0.29) is 5.04 Å². The topological polar surface area (TPSA) is 39.9 Å². The van der Waals surface area contributed by atoms with Crippen LogP contribution in [0.5, 0.6) is 5.88 Å². The van der Waals surface area contributed by atoms with Crippen LogP contribution in [0.4, 0.5) is 0 Å². The van der Waals surface area contributed by atoms with E-state index in [0.717, 1.165) is 30.4 Å². The van der Waals surface area contributed by atoms with Gasteiger partial charge in [0, 0.05) is 6.54 Å². The van der Waals surface area contributed by atoms with E-state index in [1.807, 2.05) is 10.7 Å². The average molecular weight is 340 g/mol. The van der Waals surface area contributed by atoms with E-state index >= 15 is 0 Å². The van der Waals surface area contributed by atoms with Crippen molar-refractivity contribution in [1.29, 1.82) is 0 Å². The van der Waals surface area contributed by atoms with Gasteiger partial charge in [0.2, 0.25) is 5.88 Å². The molecule has 4 nitrogen and oxygen atoms in total. The third-order valence-corrected chi connectivity index (χ3v) is 8.94. The van der Waals surface area contributed by atoms with Crippen LogP contribution >= 0.6 is 11.6 Å². The zero-order chi connectivity index (χ0) is 16.5. The Labute approximate surface area is 139 Å². The number of aromatic nitrogens is 3. The summed E-state index contributed by atoms with van der Waals surface area (Å²) in [5, 5.41) is 6.25. The van der Waals surface area contributed by atoms with Gasteiger partial charge in [0.1, 0.15) is 5.15 Å². The first-order valence-electron chi connectivity index (χ1n) is 7.88. The maximum atomic E-state index is 6.40. The second-order valence-corrected chi connectivity index (χ2v) is 12.4. The highest BCUT2D eigenvalue weighted by molar-refractivity contribution is 6.74. The van der Waals surface area contributed by atoms with Crippen LogP contribution in [0.1, 0.15) is 40.5 Å². The van der Waals surface area contributed by atoms with E-state index in [0.29, 0.717) is 11.0 Å². The Morgan fingerprint density at radius 2 is 1.95 bits per heavy atom. The highest BCUT2D eigenvalue weighted by Gasteiger charge is 2.40. The van der Waals surface area contributed by atoms with E-state index < -0.39 is 8.32 Å². The number of hydrogen-bond donors (Lipinski definition) is 0. The second-order valence-electron chi connectivity index (χ2n) is 7.25. The Morgan fingerprint density at radius 3 is 2.55 bits per heavy atom. The molecule has 0 spiro atoms. The quantitative estimate of drug-likeness (QED) is 0.550. The van der Waals surface area contributed by atoms with E-state index in [1.54, 1.807) is 6.07 Å². The predicted molar refractivity (Wildman–Crippen MR) is 95.3 cm³/mol. The van der Waals surface area contributed by atoms with Crippen molar-refractivity contribution < 1.29 is 4.43 Å². The highest BCUT2D eigenvalue weighted by atomic mass is 35.5. The largest absolute Gasteiger partial charge is 0.529 e. The number of hydrogen-bond acceptors (Lipinski definition) is 3. The molecule has 0 fully saturated rings. The summed E-state index contributed by atoms with van der Waals surface area (Å²) in [4.78, 5) is 4.44. The average Bonchev–Trinajstić information content (AvgIpc) is 2.72. The molecule has 2 heterocycles. The summed E-state index contributed by atoms with van der Waals surface area (Å²) in [5.41, 5.74) is 0.814. The van der Waals surface area contributed by atoms with Crippen molar-refractivity contribution in [3.05, 3.63) is 17.3 Å². The molecule has 0 aliphatic rings. The number of fused-ring (bicyclic) bond motifs is 1. The molecular formula is C16H26ClN3OSi. The number of pyridine rings is 1. The van der Waals surface area contributed by atoms with Gasteiger partial charge in [-0.15, -0.1) is 5.10 Å². The smallest absolute Gasteiger partial charge is 0.252 e. The van der Waals surface area contributed by atoms with Crippen molar-refractivity contribution in [2.75, 3.05) is 0 Å². The molecule has 0 bridgehead atoms. The lowest BCUT2D eigenvalue weighted by molar-refractivity contribution is 0.462. The monoisotopic (exact) mass is 339 g/mol. The van der Waals surface area contributed by atoms with E-state index in [9.17, 15) is 0 Å². The van der Waals surface area contributed by atoms with Crippen molar-refractivity contribution in [2.45, 2.75) is 65.2 Å². The molecule has 0 amide bonds. The van der Waals surface area contributed by atoms with Crippen LogP contribution in [0.25, 0.3) is 11.0 Å². The van der Waals surface area contributed by atoms with Crippen molar-refractivity contribution in [3.63, 3.8) is 0 Å². The summed E-state index contributed by atoms with van der Waals surface area (Å²) in [6.07, 6.45) is 2.17. The lowest BCUT2D eigenvalue weighted by Crippen LogP contribution is -2.44. The standard InChI is InChI=1S/C16H26ClN3OSi/c1-7-8-11-20-14-12(9-10-13(17)18-14)15(19-20)21-22(5,6)16(2,3)4/h9-10H,7-8,11H2,1-6H3.